The molecule has 3 heterocycles. The maximum absolute atomic E-state index is 4.70. The van der Waals surface area contributed by atoms with Crippen molar-refractivity contribution in [3.8, 4) is 34.4 Å². The van der Waals surface area contributed by atoms with Crippen molar-refractivity contribution in [1.29, 1.82) is 0 Å². The van der Waals surface area contributed by atoms with Gasteiger partial charge in [-0.2, -0.15) is 10.2 Å². The summed E-state index contributed by atoms with van der Waals surface area (Å²) in [5.74, 6) is 1.50. The van der Waals surface area contributed by atoms with E-state index < -0.39 is 0 Å². The van der Waals surface area contributed by atoms with Gasteiger partial charge in [-0.05, 0) is 24.3 Å². The Hall–Kier alpha value is -4.07. The Kier molecular flexibility index (Phi) is 5.24. The molecule has 4 rings (SSSR count). The average Bonchev–Trinajstić information content (AvgIpc) is 3.47. The van der Waals surface area contributed by atoms with Crippen LogP contribution in [0.3, 0.4) is 0 Å². The molecule has 0 saturated heterocycles. The number of rotatable bonds is 8. The standard InChI is InChI=1S/C21H20N8/c1-3-13-29(14-4-2)18-8-6-5-7-15(18)19-24-20(16-9-11-22-27-16)26-21(25-19)17-10-12-23-28-17/h3-12H,1-2,13-14H2,(H,22,27)(H,23,28). The van der Waals surface area contributed by atoms with Crippen LogP contribution >= 0.6 is 0 Å². The largest absolute Gasteiger partial charge is 0.364 e. The van der Waals surface area contributed by atoms with Crippen molar-refractivity contribution in [3.63, 3.8) is 0 Å². The van der Waals surface area contributed by atoms with Gasteiger partial charge in [0.15, 0.2) is 17.5 Å². The summed E-state index contributed by atoms with van der Waals surface area (Å²) in [6.45, 7) is 9.08. The fourth-order valence-electron chi connectivity index (χ4n) is 3.02. The van der Waals surface area contributed by atoms with Crippen LogP contribution in [0.2, 0.25) is 0 Å². The molecule has 4 aromatic rings. The van der Waals surface area contributed by atoms with Gasteiger partial charge < -0.3 is 4.90 Å². The molecule has 0 aliphatic carbocycles. The van der Waals surface area contributed by atoms with E-state index in [1.165, 1.54) is 0 Å². The number of hydrogen-bond acceptors (Lipinski definition) is 6. The van der Waals surface area contributed by atoms with E-state index in [0.29, 0.717) is 42.0 Å². The van der Waals surface area contributed by atoms with Crippen LogP contribution in [0.4, 0.5) is 5.69 Å². The van der Waals surface area contributed by atoms with Gasteiger partial charge in [0.1, 0.15) is 11.4 Å². The lowest BCUT2D eigenvalue weighted by atomic mass is 10.1. The normalized spacial score (nSPS) is 10.6. The maximum Gasteiger partial charge on any atom is 0.184 e. The van der Waals surface area contributed by atoms with Crippen molar-refractivity contribution in [2.24, 2.45) is 0 Å². The van der Waals surface area contributed by atoms with Gasteiger partial charge in [0, 0.05) is 36.7 Å². The minimum atomic E-state index is 0.475. The molecule has 0 amide bonds. The minimum absolute atomic E-state index is 0.475. The number of hydrogen-bond donors (Lipinski definition) is 2. The number of nitrogens with one attached hydrogen (secondary N) is 2. The Labute approximate surface area is 168 Å². The van der Waals surface area contributed by atoms with Crippen LogP contribution in [0.25, 0.3) is 34.4 Å². The summed E-state index contributed by atoms with van der Waals surface area (Å²) in [6, 6.07) is 11.6. The molecular weight excluding hydrogens is 364 g/mol. The van der Waals surface area contributed by atoms with Crippen molar-refractivity contribution >= 4 is 5.69 Å². The lowest BCUT2D eigenvalue weighted by Gasteiger charge is -2.24. The lowest BCUT2D eigenvalue weighted by molar-refractivity contribution is 0.953. The predicted molar refractivity (Wildman–Crippen MR) is 113 cm³/mol. The van der Waals surface area contributed by atoms with E-state index in [1.807, 2.05) is 48.6 Å². The van der Waals surface area contributed by atoms with Gasteiger partial charge in [-0.3, -0.25) is 10.2 Å². The summed E-state index contributed by atoms with van der Waals surface area (Å²) in [6.07, 6.45) is 7.18. The summed E-state index contributed by atoms with van der Waals surface area (Å²) in [4.78, 5) is 16.1. The molecule has 8 nitrogen and oxygen atoms in total. The number of para-hydroxylation sites is 1. The molecule has 1 aromatic carbocycles. The van der Waals surface area contributed by atoms with Crippen molar-refractivity contribution in [2.75, 3.05) is 18.0 Å². The highest BCUT2D eigenvalue weighted by Gasteiger charge is 2.18. The van der Waals surface area contributed by atoms with Crippen molar-refractivity contribution in [1.82, 2.24) is 35.3 Å². The second kappa shape index (κ2) is 8.30. The molecule has 0 aliphatic heterocycles. The van der Waals surface area contributed by atoms with E-state index in [1.54, 1.807) is 12.4 Å². The zero-order chi connectivity index (χ0) is 20.1. The lowest BCUT2D eigenvalue weighted by Crippen LogP contribution is -2.23. The maximum atomic E-state index is 4.70. The number of aromatic nitrogens is 7. The Morgan fingerprint density at radius 2 is 1.31 bits per heavy atom. The van der Waals surface area contributed by atoms with E-state index in [-0.39, 0.29) is 0 Å². The highest BCUT2D eigenvalue weighted by Crippen LogP contribution is 2.30. The molecule has 0 radical (unpaired) electrons. The van der Waals surface area contributed by atoms with Crippen LogP contribution in [0.15, 0.2) is 74.1 Å². The number of benzene rings is 1. The van der Waals surface area contributed by atoms with Crippen molar-refractivity contribution in [3.05, 3.63) is 74.1 Å². The van der Waals surface area contributed by atoms with Crippen LogP contribution in [0, 0.1) is 0 Å². The second-order valence-corrected chi connectivity index (χ2v) is 6.22. The van der Waals surface area contributed by atoms with Crippen LogP contribution < -0.4 is 4.90 Å². The molecule has 2 N–H and O–H groups in total. The molecule has 3 aromatic heterocycles. The summed E-state index contributed by atoms with van der Waals surface area (Å²) in [7, 11) is 0. The number of aromatic amines is 2. The molecule has 0 saturated carbocycles. The quantitative estimate of drug-likeness (QED) is 0.451. The molecule has 0 spiro atoms. The molecule has 144 valence electrons. The van der Waals surface area contributed by atoms with Crippen LogP contribution in [0.1, 0.15) is 0 Å². The Bertz CT molecular complexity index is 1040. The minimum Gasteiger partial charge on any atom is -0.364 e. The third-order valence-electron chi connectivity index (χ3n) is 4.28. The van der Waals surface area contributed by atoms with E-state index in [9.17, 15) is 0 Å². The van der Waals surface area contributed by atoms with E-state index >= 15 is 0 Å². The molecule has 0 bridgehead atoms. The SMILES string of the molecule is C=CCN(CC=C)c1ccccc1-c1nc(-c2cc[nH]n2)nc(-c2cc[nH]n2)n1. The first kappa shape index (κ1) is 18.3. The van der Waals surface area contributed by atoms with Crippen LogP contribution in [-0.4, -0.2) is 48.4 Å². The number of anilines is 1. The smallest absolute Gasteiger partial charge is 0.184 e. The van der Waals surface area contributed by atoms with Gasteiger partial charge in [-0.25, -0.2) is 15.0 Å². The molecule has 0 fully saturated rings. The Morgan fingerprint density at radius 3 is 1.83 bits per heavy atom. The van der Waals surface area contributed by atoms with Gasteiger partial charge >= 0.3 is 0 Å². The van der Waals surface area contributed by atoms with Crippen molar-refractivity contribution < 1.29 is 0 Å². The average molecular weight is 384 g/mol. The summed E-state index contributed by atoms with van der Waals surface area (Å²) in [5, 5.41) is 14.0. The third kappa shape index (κ3) is 3.81. The van der Waals surface area contributed by atoms with E-state index in [2.05, 4.69) is 43.4 Å². The zero-order valence-corrected chi connectivity index (χ0v) is 15.8. The summed E-state index contributed by atoms with van der Waals surface area (Å²) in [5.41, 5.74) is 3.14. The summed E-state index contributed by atoms with van der Waals surface area (Å²) >= 11 is 0. The Morgan fingerprint density at radius 1 is 0.759 bits per heavy atom. The second-order valence-electron chi connectivity index (χ2n) is 6.22. The van der Waals surface area contributed by atoms with Gasteiger partial charge in [0.05, 0.1) is 0 Å². The fourth-order valence-corrected chi connectivity index (χ4v) is 3.02. The zero-order valence-electron chi connectivity index (χ0n) is 15.8. The van der Waals surface area contributed by atoms with E-state index in [4.69, 9.17) is 9.97 Å². The predicted octanol–water partition coefficient (Wildman–Crippen LogP) is 3.50. The molecule has 0 aliphatic rings. The topological polar surface area (TPSA) is 99.3 Å². The van der Waals surface area contributed by atoms with Gasteiger partial charge in [-0.1, -0.05) is 24.3 Å². The highest BCUT2D eigenvalue weighted by molar-refractivity contribution is 5.76. The first-order valence-corrected chi connectivity index (χ1v) is 9.12. The number of nitrogens with zero attached hydrogens (tertiary/aromatic N) is 6. The molecular formula is C21H20N8. The Balaban J connectivity index is 1.89. The fraction of sp³-hybridized carbons (Fsp3) is 0.0952. The third-order valence-corrected chi connectivity index (χ3v) is 4.28. The highest BCUT2D eigenvalue weighted by atomic mass is 15.2. The first-order chi connectivity index (χ1) is 14.3. The number of H-pyrrole nitrogens is 2. The monoisotopic (exact) mass is 384 g/mol. The van der Waals surface area contributed by atoms with Crippen LogP contribution in [-0.2, 0) is 0 Å². The van der Waals surface area contributed by atoms with Crippen LogP contribution in [0.5, 0.6) is 0 Å². The van der Waals surface area contributed by atoms with Gasteiger partial charge in [0.2, 0.25) is 0 Å². The first-order valence-electron chi connectivity index (χ1n) is 9.12. The molecule has 0 atom stereocenters. The van der Waals surface area contributed by atoms with E-state index in [0.717, 1.165) is 11.3 Å². The molecule has 29 heavy (non-hydrogen) atoms. The molecule has 8 heteroatoms. The van der Waals surface area contributed by atoms with Gasteiger partial charge in [0.25, 0.3) is 0 Å². The molecule has 0 unspecified atom stereocenters. The van der Waals surface area contributed by atoms with Crippen molar-refractivity contribution in [2.45, 2.75) is 0 Å². The van der Waals surface area contributed by atoms with Gasteiger partial charge in [-0.15, -0.1) is 13.2 Å². The summed E-state index contributed by atoms with van der Waals surface area (Å²) < 4.78 is 0.